The zero-order valence-corrected chi connectivity index (χ0v) is 7.66. The average molecular weight is 169 g/mol. The third kappa shape index (κ3) is 1.76. The normalized spacial score (nSPS) is 20.0. The topological polar surface area (TPSA) is 26.8 Å². The van der Waals surface area contributed by atoms with Gasteiger partial charge in [-0.25, -0.2) is 4.79 Å². The van der Waals surface area contributed by atoms with Gasteiger partial charge < -0.3 is 9.80 Å². The first-order valence-corrected chi connectivity index (χ1v) is 3.94. The number of nitrogens with zero attached hydrogens (tertiary/aromatic N) is 3. The third-order valence-electron chi connectivity index (χ3n) is 1.86. The molecule has 0 aromatic heterocycles. The molecule has 0 aliphatic carbocycles. The number of carbonyl (C=O) groups is 1. The molecule has 1 fully saturated rings. The molecule has 1 rings (SSSR count). The maximum atomic E-state index is 11.3. The first-order valence-electron chi connectivity index (χ1n) is 3.94. The summed E-state index contributed by atoms with van der Waals surface area (Å²) >= 11 is 0. The van der Waals surface area contributed by atoms with Gasteiger partial charge in [0.2, 0.25) is 0 Å². The van der Waals surface area contributed by atoms with Crippen LogP contribution in [0.25, 0.3) is 0 Å². The van der Waals surface area contributed by atoms with Crippen molar-refractivity contribution >= 4 is 6.03 Å². The van der Waals surface area contributed by atoms with E-state index in [1.54, 1.807) is 23.9 Å². The van der Waals surface area contributed by atoms with Crippen LogP contribution in [0.4, 0.5) is 4.79 Å². The Morgan fingerprint density at radius 3 is 2.33 bits per heavy atom. The number of rotatable bonds is 2. The van der Waals surface area contributed by atoms with Gasteiger partial charge in [-0.15, -0.1) is 6.58 Å². The molecule has 0 bridgehead atoms. The molecule has 68 valence electrons. The molecule has 0 saturated carbocycles. The lowest BCUT2D eigenvalue weighted by molar-refractivity contribution is 0.0629. The van der Waals surface area contributed by atoms with Crippen LogP contribution in [0.15, 0.2) is 12.7 Å². The highest BCUT2D eigenvalue weighted by molar-refractivity contribution is 5.74. The van der Waals surface area contributed by atoms with E-state index >= 15 is 0 Å². The minimum absolute atomic E-state index is 0.0790. The van der Waals surface area contributed by atoms with E-state index in [2.05, 4.69) is 11.5 Å². The van der Waals surface area contributed by atoms with Gasteiger partial charge in [0.25, 0.3) is 0 Å². The summed E-state index contributed by atoms with van der Waals surface area (Å²) in [5.41, 5.74) is 0. The van der Waals surface area contributed by atoms with Crippen LogP contribution in [0.1, 0.15) is 0 Å². The van der Waals surface area contributed by atoms with Gasteiger partial charge in [0.05, 0.1) is 13.3 Å². The molecule has 1 saturated heterocycles. The highest BCUT2D eigenvalue weighted by Gasteiger charge is 2.23. The van der Waals surface area contributed by atoms with Crippen LogP contribution < -0.4 is 0 Å². The Morgan fingerprint density at radius 1 is 1.42 bits per heavy atom. The third-order valence-corrected chi connectivity index (χ3v) is 1.86. The van der Waals surface area contributed by atoms with E-state index in [0.717, 1.165) is 6.54 Å². The van der Waals surface area contributed by atoms with Crippen molar-refractivity contribution in [1.82, 2.24) is 14.7 Å². The van der Waals surface area contributed by atoms with Crippen LogP contribution in [0.5, 0.6) is 0 Å². The van der Waals surface area contributed by atoms with Gasteiger partial charge in [-0.2, -0.15) is 0 Å². The second kappa shape index (κ2) is 3.58. The molecule has 2 amide bonds. The SMILES string of the molecule is C=CCN1CN(C)C(=O)N(C)C1. The zero-order valence-electron chi connectivity index (χ0n) is 7.66. The van der Waals surface area contributed by atoms with Gasteiger partial charge in [-0.05, 0) is 0 Å². The summed E-state index contributed by atoms with van der Waals surface area (Å²) in [6.45, 7) is 5.86. The lowest BCUT2D eigenvalue weighted by Crippen LogP contribution is -2.55. The standard InChI is InChI=1S/C8H15N3O/c1-4-5-11-6-9(2)8(12)10(3)7-11/h4H,1,5-7H2,2-3H3. The van der Waals surface area contributed by atoms with Gasteiger partial charge in [0.15, 0.2) is 0 Å². The summed E-state index contributed by atoms with van der Waals surface area (Å²) < 4.78 is 0. The number of hydrogen-bond acceptors (Lipinski definition) is 2. The summed E-state index contributed by atoms with van der Waals surface area (Å²) in [5, 5.41) is 0. The van der Waals surface area contributed by atoms with Crippen LogP contribution >= 0.6 is 0 Å². The van der Waals surface area contributed by atoms with Crippen molar-refractivity contribution in [2.45, 2.75) is 0 Å². The Hall–Kier alpha value is -1.03. The molecule has 4 heteroatoms. The Labute approximate surface area is 73.0 Å². The molecule has 0 radical (unpaired) electrons. The minimum atomic E-state index is 0.0790. The maximum absolute atomic E-state index is 11.3. The molecule has 4 nitrogen and oxygen atoms in total. The molecule has 0 N–H and O–H groups in total. The molecule has 0 unspecified atom stereocenters. The smallest absolute Gasteiger partial charge is 0.315 e. The summed E-state index contributed by atoms with van der Waals surface area (Å²) in [6, 6.07) is 0.0790. The monoisotopic (exact) mass is 169 g/mol. The largest absolute Gasteiger partial charge is 0.321 e. The number of urea groups is 1. The molecule has 0 atom stereocenters. The van der Waals surface area contributed by atoms with Crippen LogP contribution in [0.2, 0.25) is 0 Å². The van der Waals surface area contributed by atoms with Crippen molar-refractivity contribution in [3.8, 4) is 0 Å². The molecule has 12 heavy (non-hydrogen) atoms. The Balaban J connectivity index is 2.53. The van der Waals surface area contributed by atoms with Crippen molar-refractivity contribution < 1.29 is 4.79 Å². The second-order valence-electron chi connectivity index (χ2n) is 3.10. The zero-order chi connectivity index (χ0) is 9.14. The number of hydrogen-bond donors (Lipinski definition) is 0. The van der Waals surface area contributed by atoms with Crippen LogP contribution in [0, 0.1) is 0 Å². The molecule has 0 spiro atoms. The molecule has 1 aliphatic heterocycles. The number of amides is 2. The van der Waals surface area contributed by atoms with Crippen LogP contribution in [-0.2, 0) is 0 Å². The fourth-order valence-corrected chi connectivity index (χ4v) is 1.36. The van der Waals surface area contributed by atoms with Crippen LogP contribution in [0.3, 0.4) is 0 Å². The average Bonchev–Trinajstić information content (AvgIpc) is 2.01. The minimum Gasteiger partial charge on any atom is -0.315 e. The lowest BCUT2D eigenvalue weighted by atomic mass is 10.5. The fraction of sp³-hybridized carbons (Fsp3) is 0.625. The first kappa shape index (κ1) is 9.06. The van der Waals surface area contributed by atoms with Crippen molar-refractivity contribution in [3.05, 3.63) is 12.7 Å². The second-order valence-corrected chi connectivity index (χ2v) is 3.10. The van der Waals surface area contributed by atoms with E-state index in [0.29, 0.717) is 13.3 Å². The van der Waals surface area contributed by atoms with Gasteiger partial charge in [0, 0.05) is 20.6 Å². The molecule has 1 aliphatic rings. The molecule has 0 aromatic carbocycles. The van der Waals surface area contributed by atoms with E-state index in [1.165, 1.54) is 0 Å². The van der Waals surface area contributed by atoms with E-state index < -0.39 is 0 Å². The first-order chi connectivity index (χ1) is 5.65. The van der Waals surface area contributed by atoms with Crippen molar-refractivity contribution in [2.75, 3.05) is 34.0 Å². The molecular formula is C8H15N3O. The van der Waals surface area contributed by atoms with Gasteiger partial charge in [0.1, 0.15) is 0 Å². The van der Waals surface area contributed by atoms with Crippen LogP contribution in [-0.4, -0.2) is 54.7 Å². The maximum Gasteiger partial charge on any atom is 0.321 e. The van der Waals surface area contributed by atoms with E-state index in [9.17, 15) is 4.79 Å². The van der Waals surface area contributed by atoms with Gasteiger partial charge in [-0.3, -0.25) is 4.90 Å². The fourth-order valence-electron chi connectivity index (χ4n) is 1.36. The molecule has 1 heterocycles. The summed E-state index contributed by atoms with van der Waals surface area (Å²) in [7, 11) is 3.60. The Kier molecular flexibility index (Phi) is 2.70. The van der Waals surface area contributed by atoms with Gasteiger partial charge in [-0.1, -0.05) is 6.08 Å². The van der Waals surface area contributed by atoms with Gasteiger partial charge >= 0.3 is 6.03 Å². The van der Waals surface area contributed by atoms with Crippen molar-refractivity contribution in [3.63, 3.8) is 0 Å². The van der Waals surface area contributed by atoms with Crippen molar-refractivity contribution in [2.24, 2.45) is 0 Å². The lowest BCUT2D eigenvalue weighted by Gasteiger charge is -2.38. The van der Waals surface area contributed by atoms with Crippen molar-refractivity contribution in [1.29, 1.82) is 0 Å². The summed E-state index contributed by atoms with van der Waals surface area (Å²) in [6.07, 6.45) is 1.84. The number of carbonyl (C=O) groups excluding carboxylic acids is 1. The molecular weight excluding hydrogens is 154 g/mol. The van der Waals surface area contributed by atoms with E-state index in [-0.39, 0.29) is 6.03 Å². The summed E-state index contributed by atoms with van der Waals surface area (Å²) in [5.74, 6) is 0. The predicted molar refractivity (Wildman–Crippen MR) is 47.6 cm³/mol. The molecule has 0 aromatic rings. The quantitative estimate of drug-likeness (QED) is 0.559. The predicted octanol–water partition coefficient (Wildman–Crippen LogP) is 0.387. The highest BCUT2D eigenvalue weighted by atomic mass is 16.2. The van der Waals surface area contributed by atoms with E-state index in [4.69, 9.17) is 0 Å². The summed E-state index contributed by atoms with van der Waals surface area (Å²) in [4.78, 5) is 16.8. The Morgan fingerprint density at radius 2 is 1.92 bits per heavy atom. The highest BCUT2D eigenvalue weighted by Crippen LogP contribution is 2.05. The van der Waals surface area contributed by atoms with E-state index in [1.807, 2.05) is 6.08 Å². The Bertz CT molecular complexity index is 179.